The third kappa shape index (κ3) is 4.20. The van der Waals surface area contributed by atoms with E-state index in [9.17, 15) is 0 Å². The van der Waals surface area contributed by atoms with Crippen molar-refractivity contribution >= 4 is 17.3 Å². The van der Waals surface area contributed by atoms with E-state index in [4.69, 9.17) is 4.98 Å². The fourth-order valence-electron chi connectivity index (χ4n) is 2.90. The van der Waals surface area contributed by atoms with E-state index in [-0.39, 0.29) is 0 Å². The van der Waals surface area contributed by atoms with Gasteiger partial charge in [0.05, 0.1) is 5.69 Å². The Kier molecular flexibility index (Phi) is 4.94. The zero-order chi connectivity index (χ0) is 18.6. The highest BCUT2D eigenvalue weighted by Crippen LogP contribution is 2.29. The second-order valence-electron chi connectivity index (χ2n) is 6.43. The summed E-state index contributed by atoms with van der Waals surface area (Å²) in [6.07, 6.45) is 0. The third-order valence-corrected chi connectivity index (χ3v) is 5.10. The van der Waals surface area contributed by atoms with Gasteiger partial charge in [-0.3, -0.25) is 0 Å². The molecule has 0 saturated carbocycles. The summed E-state index contributed by atoms with van der Waals surface area (Å²) in [6, 6.07) is 20.7. The number of hydrogen-bond donors (Lipinski definition) is 1. The van der Waals surface area contributed by atoms with Gasteiger partial charge in [0, 0.05) is 34.4 Å². The zero-order valence-corrected chi connectivity index (χ0v) is 16.1. The summed E-state index contributed by atoms with van der Waals surface area (Å²) in [7, 11) is 0. The van der Waals surface area contributed by atoms with Gasteiger partial charge in [0.1, 0.15) is 5.01 Å². The topological polar surface area (TPSA) is 50.7 Å². The molecule has 0 aliphatic carbocycles. The van der Waals surface area contributed by atoms with Crippen molar-refractivity contribution in [1.82, 2.24) is 15.0 Å². The predicted octanol–water partition coefficient (Wildman–Crippen LogP) is 5.50. The summed E-state index contributed by atoms with van der Waals surface area (Å²) >= 11 is 1.67. The molecule has 4 nitrogen and oxygen atoms in total. The molecule has 1 N–H and O–H groups in total. The van der Waals surface area contributed by atoms with Crippen molar-refractivity contribution in [3.63, 3.8) is 0 Å². The summed E-state index contributed by atoms with van der Waals surface area (Å²) in [6.45, 7) is 4.65. The van der Waals surface area contributed by atoms with E-state index in [0.717, 1.165) is 33.2 Å². The Morgan fingerprint density at radius 2 is 1.52 bits per heavy atom. The molecule has 0 aliphatic rings. The number of aryl methyl sites for hydroxylation is 2. The molecular formula is C22H20N4S. The Labute approximate surface area is 163 Å². The minimum atomic E-state index is 0.670. The quantitative estimate of drug-likeness (QED) is 0.503. The average Bonchev–Trinajstić information content (AvgIpc) is 3.17. The van der Waals surface area contributed by atoms with Crippen LogP contribution in [0.3, 0.4) is 0 Å². The maximum absolute atomic E-state index is 4.78. The predicted molar refractivity (Wildman–Crippen MR) is 112 cm³/mol. The Morgan fingerprint density at radius 1 is 0.815 bits per heavy atom. The van der Waals surface area contributed by atoms with Crippen LogP contribution in [0.2, 0.25) is 0 Å². The van der Waals surface area contributed by atoms with Crippen molar-refractivity contribution < 1.29 is 0 Å². The molecule has 0 atom stereocenters. The van der Waals surface area contributed by atoms with Crippen molar-refractivity contribution in [2.45, 2.75) is 20.4 Å². The van der Waals surface area contributed by atoms with Crippen molar-refractivity contribution in [2.24, 2.45) is 0 Å². The molecule has 0 unspecified atom stereocenters. The molecule has 2 aromatic carbocycles. The van der Waals surface area contributed by atoms with Crippen molar-refractivity contribution in [3.8, 4) is 21.8 Å². The van der Waals surface area contributed by atoms with Gasteiger partial charge in [0.25, 0.3) is 0 Å². The highest BCUT2D eigenvalue weighted by atomic mass is 32.1. The first-order valence-corrected chi connectivity index (χ1v) is 9.72. The van der Waals surface area contributed by atoms with Crippen molar-refractivity contribution in [2.75, 3.05) is 5.32 Å². The number of nitrogens with zero attached hydrogens (tertiary/aromatic N) is 3. The van der Waals surface area contributed by atoms with Gasteiger partial charge < -0.3 is 5.32 Å². The monoisotopic (exact) mass is 372 g/mol. The summed E-state index contributed by atoms with van der Waals surface area (Å²) in [5, 5.41) is 6.43. The molecule has 134 valence electrons. The fraction of sp³-hybridized carbons (Fsp3) is 0.136. The van der Waals surface area contributed by atoms with Crippen LogP contribution in [0.25, 0.3) is 21.8 Å². The first-order valence-electron chi connectivity index (χ1n) is 8.84. The second-order valence-corrected chi connectivity index (χ2v) is 7.29. The zero-order valence-electron chi connectivity index (χ0n) is 15.3. The van der Waals surface area contributed by atoms with E-state index in [2.05, 4.69) is 57.1 Å². The Hall–Kier alpha value is -3.05. The average molecular weight is 372 g/mol. The molecule has 0 spiro atoms. The molecule has 2 heterocycles. The minimum absolute atomic E-state index is 0.670. The van der Waals surface area contributed by atoms with Gasteiger partial charge in [-0.2, -0.15) is 0 Å². The molecule has 27 heavy (non-hydrogen) atoms. The number of thiazole rings is 1. The van der Waals surface area contributed by atoms with Gasteiger partial charge in [0.15, 0.2) is 0 Å². The van der Waals surface area contributed by atoms with Gasteiger partial charge >= 0.3 is 0 Å². The van der Waals surface area contributed by atoms with Crippen LogP contribution in [0.5, 0.6) is 0 Å². The number of anilines is 1. The maximum Gasteiger partial charge on any atom is 0.223 e. The van der Waals surface area contributed by atoms with Crippen LogP contribution in [0.15, 0.2) is 66.0 Å². The largest absolute Gasteiger partial charge is 0.350 e. The summed E-state index contributed by atoms with van der Waals surface area (Å²) < 4.78 is 0. The molecule has 0 saturated heterocycles. The van der Waals surface area contributed by atoms with E-state index in [1.165, 1.54) is 5.56 Å². The van der Waals surface area contributed by atoms with Crippen molar-refractivity contribution in [3.05, 3.63) is 83.0 Å². The van der Waals surface area contributed by atoms with Crippen LogP contribution in [-0.2, 0) is 6.54 Å². The fourth-order valence-corrected chi connectivity index (χ4v) is 3.73. The van der Waals surface area contributed by atoms with E-state index in [0.29, 0.717) is 12.5 Å². The number of rotatable bonds is 5. The number of aromatic nitrogens is 3. The molecule has 0 amide bonds. The number of benzene rings is 2. The Bertz CT molecular complexity index is 1020. The van der Waals surface area contributed by atoms with E-state index in [1.54, 1.807) is 11.3 Å². The van der Waals surface area contributed by atoms with Crippen LogP contribution in [0.1, 0.15) is 17.0 Å². The Balaban J connectivity index is 1.45. The lowest BCUT2D eigenvalue weighted by atomic mass is 10.1. The summed E-state index contributed by atoms with van der Waals surface area (Å²) in [5.41, 5.74) is 6.43. The van der Waals surface area contributed by atoms with Crippen LogP contribution in [0.4, 0.5) is 5.95 Å². The smallest absolute Gasteiger partial charge is 0.223 e. The molecule has 0 bridgehead atoms. The number of nitrogens with one attached hydrogen (secondary N) is 1. The summed E-state index contributed by atoms with van der Waals surface area (Å²) in [5.74, 6) is 0.670. The Morgan fingerprint density at radius 3 is 2.22 bits per heavy atom. The standard InChI is InChI=1S/C22H20N4S/c1-15-12-16(2)25-22(24-15)23-13-17-8-10-19(11-9-17)21-26-20(14-27-21)18-6-4-3-5-7-18/h3-12,14H,13H2,1-2H3,(H,23,24,25). The maximum atomic E-state index is 4.78. The lowest BCUT2D eigenvalue weighted by molar-refractivity contribution is 1.00. The third-order valence-electron chi connectivity index (χ3n) is 4.21. The first-order chi connectivity index (χ1) is 13.2. The van der Waals surface area contributed by atoms with Crippen LogP contribution in [0, 0.1) is 13.8 Å². The SMILES string of the molecule is Cc1cc(C)nc(NCc2ccc(-c3nc(-c4ccccc4)cs3)cc2)n1. The normalized spacial score (nSPS) is 10.7. The van der Waals surface area contributed by atoms with Gasteiger partial charge in [-0.15, -0.1) is 11.3 Å². The first kappa shape index (κ1) is 17.4. The number of hydrogen-bond acceptors (Lipinski definition) is 5. The lowest BCUT2D eigenvalue weighted by Crippen LogP contribution is -2.05. The molecule has 4 rings (SSSR count). The second kappa shape index (κ2) is 7.68. The van der Waals surface area contributed by atoms with Crippen LogP contribution >= 0.6 is 11.3 Å². The van der Waals surface area contributed by atoms with Gasteiger partial charge in [-0.05, 0) is 25.5 Å². The molecule has 4 aromatic rings. The molecule has 5 heteroatoms. The summed E-state index contributed by atoms with van der Waals surface area (Å²) in [4.78, 5) is 13.6. The molecule has 0 fully saturated rings. The molecule has 0 aliphatic heterocycles. The van der Waals surface area contributed by atoms with Gasteiger partial charge in [-0.25, -0.2) is 15.0 Å². The van der Waals surface area contributed by atoms with E-state index >= 15 is 0 Å². The molecule has 2 aromatic heterocycles. The highest BCUT2D eigenvalue weighted by Gasteiger charge is 2.07. The van der Waals surface area contributed by atoms with Crippen LogP contribution in [-0.4, -0.2) is 15.0 Å². The highest BCUT2D eigenvalue weighted by molar-refractivity contribution is 7.13. The lowest BCUT2D eigenvalue weighted by Gasteiger charge is -2.07. The van der Waals surface area contributed by atoms with Crippen molar-refractivity contribution in [1.29, 1.82) is 0 Å². The van der Waals surface area contributed by atoms with E-state index < -0.39 is 0 Å². The van der Waals surface area contributed by atoms with Gasteiger partial charge in [0.2, 0.25) is 5.95 Å². The molecule has 0 radical (unpaired) electrons. The van der Waals surface area contributed by atoms with E-state index in [1.807, 2.05) is 38.1 Å². The minimum Gasteiger partial charge on any atom is -0.350 e. The molecular weight excluding hydrogens is 352 g/mol. The van der Waals surface area contributed by atoms with Gasteiger partial charge in [-0.1, -0.05) is 54.6 Å². The van der Waals surface area contributed by atoms with Crippen LogP contribution < -0.4 is 5.32 Å².